The quantitative estimate of drug-likeness (QED) is 0.494. The number of ether oxygens (including phenoxy) is 1. The summed E-state index contributed by atoms with van der Waals surface area (Å²) in [4.78, 5) is 12.3. The monoisotopic (exact) mass is 292 g/mol. The third kappa shape index (κ3) is 4.56. The number of nitrogens with zero attached hydrogens (tertiary/aromatic N) is 5. The molecule has 0 aliphatic heterocycles. The number of nitrogens with two attached hydrogens (primary N) is 1. The minimum Gasteiger partial charge on any atom is -0.461 e. The van der Waals surface area contributed by atoms with Gasteiger partial charge in [-0.15, -0.1) is 0 Å². The van der Waals surface area contributed by atoms with E-state index >= 15 is 0 Å². The zero-order valence-corrected chi connectivity index (χ0v) is 12.4. The highest BCUT2D eigenvalue weighted by Gasteiger charge is 2.08. The highest BCUT2D eigenvalue weighted by Crippen LogP contribution is 2.12. The number of aryl methyl sites for hydroxylation is 1. The van der Waals surface area contributed by atoms with E-state index in [0.717, 1.165) is 12.0 Å². The number of aromatic nitrogens is 5. The summed E-state index contributed by atoms with van der Waals surface area (Å²) in [5, 5.41) is 7.23. The average Bonchev–Trinajstić information content (AvgIpc) is 2.83. The fourth-order valence-electron chi connectivity index (χ4n) is 1.68. The van der Waals surface area contributed by atoms with E-state index in [9.17, 15) is 0 Å². The molecule has 0 radical (unpaired) electrons. The summed E-state index contributed by atoms with van der Waals surface area (Å²) in [7, 11) is 1.89. The molecule has 0 aliphatic rings. The number of anilines is 2. The van der Waals surface area contributed by atoms with Gasteiger partial charge in [0.05, 0.1) is 12.3 Å². The highest BCUT2D eigenvalue weighted by molar-refractivity contribution is 5.35. The van der Waals surface area contributed by atoms with Gasteiger partial charge >= 0.3 is 6.01 Å². The Morgan fingerprint density at radius 3 is 2.67 bits per heavy atom. The maximum atomic E-state index is 5.45. The molecule has 2 aromatic heterocycles. The van der Waals surface area contributed by atoms with Crippen molar-refractivity contribution in [3.8, 4) is 6.01 Å². The first-order valence-corrected chi connectivity index (χ1v) is 6.67. The van der Waals surface area contributed by atoms with Crippen LogP contribution in [0.25, 0.3) is 0 Å². The van der Waals surface area contributed by atoms with Crippen LogP contribution in [0.5, 0.6) is 6.01 Å². The first kappa shape index (κ1) is 15.0. The van der Waals surface area contributed by atoms with Crippen LogP contribution in [0.15, 0.2) is 12.4 Å². The van der Waals surface area contributed by atoms with Crippen molar-refractivity contribution in [1.82, 2.24) is 24.7 Å². The van der Waals surface area contributed by atoms with Crippen molar-refractivity contribution in [2.24, 2.45) is 12.9 Å². The minimum absolute atomic E-state index is 0.0266. The molecule has 0 fully saturated rings. The van der Waals surface area contributed by atoms with Crippen LogP contribution in [-0.4, -0.2) is 37.4 Å². The van der Waals surface area contributed by atoms with Gasteiger partial charge in [0, 0.05) is 19.8 Å². The average molecular weight is 292 g/mol. The third-order valence-corrected chi connectivity index (χ3v) is 2.54. The van der Waals surface area contributed by atoms with Gasteiger partial charge in [0.25, 0.3) is 0 Å². The molecule has 0 saturated heterocycles. The Morgan fingerprint density at radius 1 is 1.29 bits per heavy atom. The van der Waals surface area contributed by atoms with Crippen molar-refractivity contribution in [2.75, 3.05) is 17.3 Å². The maximum Gasteiger partial charge on any atom is 0.323 e. The molecule has 2 aromatic rings. The molecule has 0 aliphatic carbocycles. The van der Waals surface area contributed by atoms with E-state index in [2.05, 4.69) is 30.8 Å². The normalized spacial score (nSPS) is 10.7. The summed E-state index contributed by atoms with van der Waals surface area (Å²) in [6.45, 7) is 4.46. The SMILES string of the molecule is CC(C)Oc1nc(NN)nc(NCCc2cnn(C)c2)n1. The maximum absolute atomic E-state index is 5.45. The molecule has 2 rings (SSSR count). The first-order valence-electron chi connectivity index (χ1n) is 6.67. The summed E-state index contributed by atoms with van der Waals surface area (Å²) in [6.07, 6.45) is 4.58. The summed E-state index contributed by atoms with van der Waals surface area (Å²) in [6, 6.07) is 0.233. The van der Waals surface area contributed by atoms with Gasteiger partial charge in [-0.25, -0.2) is 5.84 Å². The lowest BCUT2D eigenvalue weighted by atomic mass is 10.2. The van der Waals surface area contributed by atoms with Crippen molar-refractivity contribution in [3.05, 3.63) is 18.0 Å². The van der Waals surface area contributed by atoms with Crippen LogP contribution < -0.4 is 21.3 Å². The third-order valence-electron chi connectivity index (χ3n) is 2.54. The molecular formula is C12H20N8O. The van der Waals surface area contributed by atoms with E-state index in [-0.39, 0.29) is 18.1 Å². The van der Waals surface area contributed by atoms with Crippen molar-refractivity contribution in [1.29, 1.82) is 0 Å². The van der Waals surface area contributed by atoms with Crippen molar-refractivity contribution in [2.45, 2.75) is 26.4 Å². The molecule has 0 aromatic carbocycles. The number of hydrogen-bond donors (Lipinski definition) is 3. The number of nitrogens with one attached hydrogen (secondary N) is 2. The lowest BCUT2D eigenvalue weighted by Gasteiger charge is -2.10. The second kappa shape index (κ2) is 6.84. The lowest BCUT2D eigenvalue weighted by Crippen LogP contribution is -2.17. The van der Waals surface area contributed by atoms with Gasteiger partial charge in [-0.05, 0) is 25.8 Å². The zero-order chi connectivity index (χ0) is 15.2. The summed E-state index contributed by atoms with van der Waals surface area (Å²) in [5.74, 6) is 6.01. The molecule has 0 spiro atoms. The number of rotatable bonds is 7. The Bertz CT molecular complexity index is 582. The largest absolute Gasteiger partial charge is 0.461 e. The molecule has 0 amide bonds. The second-order valence-electron chi connectivity index (χ2n) is 4.78. The van der Waals surface area contributed by atoms with E-state index in [1.54, 1.807) is 4.68 Å². The molecule has 114 valence electrons. The Labute approximate surface area is 122 Å². The topological polar surface area (TPSA) is 116 Å². The van der Waals surface area contributed by atoms with E-state index in [0.29, 0.717) is 12.5 Å². The van der Waals surface area contributed by atoms with Gasteiger partial charge < -0.3 is 10.1 Å². The summed E-state index contributed by atoms with van der Waals surface area (Å²) >= 11 is 0. The molecule has 2 heterocycles. The van der Waals surface area contributed by atoms with E-state index in [1.165, 1.54) is 0 Å². The number of hydrazine groups is 1. The predicted molar refractivity (Wildman–Crippen MR) is 78.8 cm³/mol. The smallest absolute Gasteiger partial charge is 0.323 e. The Kier molecular flexibility index (Phi) is 4.88. The van der Waals surface area contributed by atoms with Gasteiger partial charge in [-0.1, -0.05) is 0 Å². The molecule has 0 saturated carbocycles. The fraction of sp³-hybridized carbons (Fsp3) is 0.500. The van der Waals surface area contributed by atoms with Crippen LogP contribution >= 0.6 is 0 Å². The van der Waals surface area contributed by atoms with Crippen LogP contribution in [0.4, 0.5) is 11.9 Å². The molecular weight excluding hydrogens is 272 g/mol. The molecule has 9 nitrogen and oxygen atoms in total. The van der Waals surface area contributed by atoms with Gasteiger partial charge in [0.15, 0.2) is 0 Å². The van der Waals surface area contributed by atoms with Gasteiger partial charge in [0.2, 0.25) is 11.9 Å². The Balaban J connectivity index is 1.97. The molecule has 9 heteroatoms. The number of hydrogen-bond acceptors (Lipinski definition) is 8. The first-order chi connectivity index (χ1) is 10.1. The molecule has 0 unspecified atom stereocenters. The van der Waals surface area contributed by atoms with Crippen LogP contribution in [0.3, 0.4) is 0 Å². The lowest BCUT2D eigenvalue weighted by molar-refractivity contribution is 0.222. The van der Waals surface area contributed by atoms with Crippen molar-refractivity contribution >= 4 is 11.9 Å². The molecule has 4 N–H and O–H groups in total. The van der Waals surface area contributed by atoms with Gasteiger partial charge in [0.1, 0.15) is 0 Å². The van der Waals surface area contributed by atoms with Crippen LogP contribution in [0, 0.1) is 0 Å². The Hall–Kier alpha value is -2.42. The van der Waals surface area contributed by atoms with Crippen molar-refractivity contribution < 1.29 is 4.74 Å². The highest BCUT2D eigenvalue weighted by atomic mass is 16.5. The zero-order valence-electron chi connectivity index (χ0n) is 12.4. The summed E-state index contributed by atoms with van der Waals surface area (Å²) < 4.78 is 7.22. The van der Waals surface area contributed by atoms with E-state index in [1.807, 2.05) is 33.3 Å². The van der Waals surface area contributed by atoms with Crippen molar-refractivity contribution in [3.63, 3.8) is 0 Å². The molecule has 0 atom stereocenters. The Morgan fingerprint density at radius 2 is 2.05 bits per heavy atom. The van der Waals surface area contributed by atoms with Crippen LogP contribution in [0.1, 0.15) is 19.4 Å². The summed E-state index contributed by atoms with van der Waals surface area (Å²) in [5.41, 5.74) is 3.53. The minimum atomic E-state index is -0.0266. The van der Waals surface area contributed by atoms with Crippen LogP contribution in [0.2, 0.25) is 0 Å². The number of nitrogen functional groups attached to an aromatic ring is 1. The van der Waals surface area contributed by atoms with Gasteiger partial charge in [-0.2, -0.15) is 20.1 Å². The molecule has 0 bridgehead atoms. The standard InChI is InChI=1S/C12H20N8O/c1-8(2)21-12-17-10(16-11(18-12)19-13)14-5-4-9-6-15-20(3)7-9/h6-8H,4-5,13H2,1-3H3,(H2,14,16,17,18,19). The molecule has 21 heavy (non-hydrogen) atoms. The van der Waals surface area contributed by atoms with E-state index < -0.39 is 0 Å². The van der Waals surface area contributed by atoms with E-state index in [4.69, 9.17) is 10.6 Å². The second-order valence-corrected chi connectivity index (χ2v) is 4.78. The van der Waals surface area contributed by atoms with Gasteiger partial charge in [-0.3, -0.25) is 10.1 Å². The van der Waals surface area contributed by atoms with Crippen LogP contribution in [-0.2, 0) is 13.5 Å². The fourth-order valence-corrected chi connectivity index (χ4v) is 1.68. The predicted octanol–water partition coefficient (Wildman–Crippen LogP) is 0.333.